The molecule has 160 valence electrons. The van der Waals surface area contributed by atoms with Crippen molar-refractivity contribution in [3.8, 4) is 5.75 Å². The molecule has 0 radical (unpaired) electrons. The maximum absolute atomic E-state index is 12.9. The van der Waals surface area contributed by atoms with Crippen LogP contribution < -0.4 is 15.4 Å². The largest absolute Gasteiger partial charge is 0.480 e. The molecule has 2 atom stereocenters. The molecule has 0 aliphatic carbocycles. The van der Waals surface area contributed by atoms with Gasteiger partial charge in [0.25, 0.3) is 11.8 Å². The minimum Gasteiger partial charge on any atom is -0.480 e. The van der Waals surface area contributed by atoms with Crippen LogP contribution in [0, 0.1) is 13.8 Å². The van der Waals surface area contributed by atoms with E-state index in [1.54, 1.807) is 24.3 Å². The molecule has 2 aromatic carbocycles. The quantitative estimate of drug-likeness (QED) is 0.689. The van der Waals surface area contributed by atoms with Crippen molar-refractivity contribution in [1.29, 1.82) is 0 Å². The second-order valence-electron chi connectivity index (χ2n) is 7.66. The predicted octanol–water partition coefficient (Wildman–Crippen LogP) is 4.01. The summed E-state index contributed by atoms with van der Waals surface area (Å²) in [6.45, 7) is 7.04. The van der Waals surface area contributed by atoms with Crippen LogP contribution in [0.25, 0.3) is 0 Å². The Morgan fingerprint density at radius 3 is 2.73 bits per heavy atom. The second kappa shape index (κ2) is 10.3. The first-order chi connectivity index (χ1) is 14.5. The highest BCUT2D eigenvalue weighted by molar-refractivity contribution is 6.04. The molecule has 1 heterocycles. The van der Waals surface area contributed by atoms with Crippen LogP contribution in [0.4, 0.5) is 5.69 Å². The average molecular weight is 411 g/mol. The molecule has 3 rings (SSSR count). The van der Waals surface area contributed by atoms with Gasteiger partial charge in [0, 0.05) is 13.2 Å². The standard InChI is InChI=1S/C24H30N2O4/c1-4-21(30-22-14-16(2)11-12-17(22)3)24(28)26-20-10-6-5-9-19(20)23(27)25-15-18-8-7-13-29-18/h5-6,9-12,14,18,21H,4,7-8,13,15H2,1-3H3,(H,25,27)(H,26,28)/t18-,21+/m0/s1. The highest BCUT2D eigenvalue weighted by Crippen LogP contribution is 2.22. The second-order valence-corrected chi connectivity index (χ2v) is 7.66. The van der Waals surface area contributed by atoms with Crippen molar-refractivity contribution in [2.45, 2.75) is 52.2 Å². The number of hydrogen-bond acceptors (Lipinski definition) is 4. The number of hydrogen-bond donors (Lipinski definition) is 2. The molecule has 0 bridgehead atoms. The maximum Gasteiger partial charge on any atom is 0.265 e. The van der Waals surface area contributed by atoms with Crippen molar-refractivity contribution < 1.29 is 19.1 Å². The lowest BCUT2D eigenvalue weighted by molar-refractivity contribution is -0.122. The van der Waals surface area contributed by atoms with Crippen LogP contribution in [0.2, 0.25) is 0 Å². The van der Waals surface area contributed by atoms with Crippen molar-refractivity contribution in [1.82, 2.24) is 5.32 Å². The molecule has 6 heteroatoms. The average Bonchev–Trinajstić information content (AvgIpc) is 3.26. The summed E-state index contributed by atoms with van der Waals surface area (Å²) >= 11 is 0. The van der Waals surface area contributed by atoms with Gasteiger partial charge >= 0.3 is 0 Å². The number of carbonyl (C=O) groups is 2. The lowest BCUT2D eigenvalue weighted by Gasteiger charge is -2.20. The van der Waals surface area contributed by atoms with E-state index in [1.165, 1.54) is 0 Å². The van der Waals surface area contributed by atoms with Crippen LogP contribution in [-0.2, 0) is 9.53 Å². The summed E-state index contributed by atoms with van der Waals surface area (Å²) in [5.41, 5.74) is 2.93. The maximum atomic E-state index is 12.9. The number of aryl methyl sites for hydroxylation is 2. The first-order valence-corrected chi connectivity index (χ1v) is 10.5. The molecular weight excluding hydrogens is 380 g/mol. The first-order valence-electron chi connectivity index (χ1n) is 10.5. The van der Waals surface area contributed by atoms with E-state index in [0.29, 0.717) is 30.0 Å². The molecule has 0 unspecified atom stereocenters. The van der Waals surface area contributed by atoms with E-state index in [4.69, 9.17) is 9.47 Å². The molecule has 1 fully saturated rings. The van der Waals surface area contributed by atoms with Crippen molar-refractivity contribution in [3.63, 3.8) is 0 Å². The van der Waals surface area contributed by atoms with E-state index in [-0.39, 0.29) is 17.9 Å². The summed E-state index contributed by atoms with van der Waals surface area (Å²) < 4.78 is 11.5. The zero-order chi connectivity index (χ0) is 21.5. The highest BCUT2D eigenvalue weighted by atomic mass is 16.5. The van der Waals surface area contributed by atoms with Crippen molar-refractivity contribution in [2.24, 2.45) is 0 Å². The van der Waals surface area contributed by atoms with Gasteiger partial charge in [0.15, 0.2) is 6.10 Å². The van der Waals surface area contributed by atoms with E-state index in [1.807, 2.05) is 39.0 Å². The Bertz CT molecular complexity index is 891. The van der Waals surface area contributed by atoms with E-state index < -0.39 is 6.10 Å². The summed E-state index contributed by atoms with van der Waals surface area (Å²) in [4.78, 5) is 25.6. The molecule has 0 spiro atoms. The lowest BCUT2D eigenvalue weighted by atomic mass is 10.1. The van der Waals surface area contributed by atoms with Crippen LogP contribution in [0.5, 0.6) is 5.75 Å². The van der Waals surface area contributed by atoms with E-state index >= 15 is 0 Å². The third-order valence-electron chi connectivity index (χ3n) is 5.22. The van der Waals surface area contributed by atoms with Gasteiger partial charge in [0.2, 0.25) is 0 Å². The van der Waals surface area contributed by atoms with E-state index in [0.717, 1.165) is 30.6 Å². The lowest BCUT2D eigenvalue weighted by Crippen LogP contribution is -2.35. The Labute approximate surface area is 178 Å². The molecule has 1 saturated heterocycles. The fourth-order valence-corrected chi connectivity index (χ4v) is 3.42. The third kappa shape index (κ3) is 5.60. The van der Waals surface area contributed by atoms with Crippen molar-refractivity contribution in [3.05, 3.63) is 59.2 Å². The van der Waals surface area contributed by atoms with Gasteiger partial charge in [-0.2, -0.15) is 0 Å². The van der Waals surface area contributed by atoms with Crippen LogP contribution in [0.15, 0.2) is 42.5 Å². The van der Waals surface area contributed by atoms with Gasteiger partial charge in [-0.25, -0.2) is 0 Å². The van der Waals surface area contributed by atoms with Crippen LogP contribution in [0.1, 0.15) is 47.7 Å². The third-order valence-corrected chi connectivity index (χ3v) is 5.22. The van der Waals surface area contributed by atoms with Gasteiger partial charge in [-0.15, -0.1) is 0 Å². The SMILES string of the molecule is CC[C@@H](Oc1cc(C)ccc1C)C(=O)Nc1ccccc1C(=O)NC[C@@H]1CCCO1. The zero-order valence-corrected chi connectivity index (χ0v) is 17.9. The zero-order valence-electron chi connectivity index (χ0n) is 17.9. The Morgan fingerprint density at radius 2 is 2.00 bits per heavy atom. The highest BCUT2D eigenvalue weighted by Gasteiger charge is 2.22. The number of benzene rings is 2. The minimum atomic E-state index is -0.659. The smallest absolute Gasteiger partial charge is 0.265 e. The van der Waals surface area contributed by atoms with Crippen molar-refractivity contribution in [2.75, 3.05) is 18.5 Å². The number of rotatable bonds is 8. The first kappa shape index (κ1) is 21.8. The minimum absolute atomic E-state index is 0.0612. The van der Waals surface area contributed by atoms with Gasteiger partial charge in [-0.3, -0.25) is 9.59 Å². The summed E-state index contributed by atoms with van der Waals surface area (Å²) in [6.07, 6.45) is 1.88. The monoisotopic (exact) mass is 410 g/mol. The van der Waals surface area contributed by atoms with Gasteiger partial charge in [-0.05, 0) is 62.4 Å². The number of anilines is 1. The molecule has 2 N–H and O–H groups in total. The molecular formula is C24H30N2O4. The Kier molecular flexibility index (Phi) is 7.46. The van der Waals surface area contributed by atoms with Gasteiger partial charge < -0.3 is 20.1 Å². The molecule has 1 aliphatic heterocycles. The summed E-state index contributed by atoms with van der Waals surface area (Å²) in [7, 11) is 0. The number of carbonyl (C=O) groups excluding carboxylic acids is 2. The molecule has 0 saturated carbocycles. The van der Waals surface area contributed by atoms with Gasteiger partial charge in [0.05, 0.1) is 17.4 Å². The van der Waals surface area contributed by atoms with E-state index in [9.17, 15) is 9.59 Å². The van der Waals surface area contributed by atoms with Crippen LogP contribution >= 0.6 is 0 Å². The summed E-state index contributed by atoms with van der Waals surface area (Å²) in [5, 5.41) is 5.77. The molecule has 30 heavy (non-hydrogen) atoms. The Morgan fingerprint density at radius 1 is 1.20 bits per heavy atom. The summed E-state index contributed by atoms with van der Waals surface area (Å²) in [6, 6.07) is 12.9. The summed E-state index contributed by atoms with van der Waals surface area (Å²) in [5.74, 6) is 0.183. The van der Waals surface area contributed by atoms with Crippen LogP contribution in [-0.4, -0.2) is 37.2 Å². The fraction of sp³-hybridized carbons (Fsp3) is 0.417. The molecule has 2 amide bonds. The number of ether oxygens (including phenoxy) is 2. The number of para-hydroxylation sites is 1. The topological polar surface area (TPSA) is 76.7 Å². The Hall–Kier alpha value is -2.86. The molecule has 0 aromatic heterocycles. The van der Waals surface area contributed by atoms with Gasteiger partial charge in [-0.1, -0.05) is 31.2 Å². The van der Waals surface area contributed by atoms with Gasteiger partial charge in [0.1, 0.15) is 5.75 Å². The normalized spacial score (nSPS) is 16.7. The number of nitrogens with one attached hydrogen (secondary N) is 2. The molecule has 6 nitrogen and oxygen atoms in total. The predicted molar refractivity (Wildman–Crippen MR) is 117 cm³/mol. The Balaban J connectivity index is 1.67. The van der Waals surface area contributed by atoms with Crippen molar-refractivity contribution >= 4 is 17.5 Å². The van der Waals surface area contributed by atoms with Crippen LogP contribution in [0.3, 0.4) is 0 Å². The molecule has 2 aromatic rings. The fourth-order valence-electron chi connectivity index (χ4n) is 3.42. The number of amides is 2. The van der Waals surface area contributed by atoms with E-state index in [2.05, 4.69) is 10.6 Å². The molecule has 1 aliphatic rings.